The lowest BCUT2D eigenvalue weighted by Gasteiger charge is -2.15. The van der Waals surface area contributed by atoms with Crippen molar-refractivity contribution in [2.24, 2.45) is 5.92 Å². The van der Waals surface area contributed by atoms with E-state index in [0.29, 0.717) is 0 Å². The zero-order valence-electron chi connectivity index (χ0n) is 12.9. The molecule has 3 atom stereocenters. The highest BCUT2D eigenvalue weighted by atomic mass is 16.3. The van der Waals surface area contributed by atoms with Crippen molar-refractivity contribution in [1.29, 1.82) is 0 Å². The molecule has 0 saturated heterocycles. The molecule has 1 aromatic carbocycles. The summed E-state index contributed by atoms with van der Waals surface area (Å²) in [5.74, 6) is 1.44. The second-order valence-electron chi connectivity index (χ2n) is 6.35. The zero-order chi connectivity index (χ0) is 15.6. The number of hydrogen-bond donors (Lipinski definition) is 4. The highest BCUT2D eigenvalue weighted by Crippen LogP contribution is 2.36. The Kier molecular flexibility index (Phi) is 3.85. The molecule has 6 heteroatoms. The maximum Gasteiger partial charge on any atom is 0.137 e. The number of benzene rings is 1. The van der Waals surface area contributed by atoms with Gasteiger partial charge in [0.15, 0.2) is 0 Å². The molecule has 0 radical (unpaired) electrons. The van der Waals surface area contributed by atoms with Crippen LogP contribution in [-0.4, -0.2) is 37.9 Å². The molecular formula is C17H21N5O. The predicted molar refractivity (Wildman–Crippen MR) is 87.9 cm³/mol. The van der Waals surface area contributed by atoms with Gasteiger partial charge in [-0.15, -0.1) is 0 Å². The molecular weight excluding hydrogens is 290 g/mol. The van der Waals surface area contributed by atoms with E-state index >= 15 is 0 Å². The fourth-order valence-electron chi connectivity index (χ4n) is 3.65. The van der Waals surface area contributed by atoms with Crippen LogP contribution in [0.3, 0.4) is 0 Å². The van der Waals surface area contributed by atoms with Crippen molar-refractivity contribution in [2.45, 2.75) is 31.4 Å². The highest BCUT2D eigenvalue weighted by molar-refractivity contribution is 5.82. The Morgan fingerprint density at radius 1 is 1.26 bits per heavy atom. The van der Waals surface area contributed by atoms with Gasteiger partial charge in [-0.05, 0) is 36.5 Å². The van der Waals surface area contributed by atoms with E-state index in [1.54, 1.807) is 0 Å². The van der Waals surface area contributed by atoms with Gasteiger partial charge in [-0.3, -0.25) is 5.10 Å². The van der Waals surface area contributed by atoms with E-state index < -0.39 is 0 Å². The van der Waals surface area contributed by atoms with Crippen LogP contribution in [0.2, 0.25) is 0 Å². The molecule has 1 aliphatic carbocycles. The van der Waals surface area contributed by atoms with E-state index in [1.807, 2.05) is 6.20 Å². The molecule has 2 aromatic heterocycles. The first-order valence-electron chi connectivity index (χ1n) is 8.10. The quantitative estimate of drug-likeness (QED) is 0.579. The molecule has 3 aromatic rings. The number of fused-ring (bicyclic) bond motifs is 1. The van der Waals surface area contributed by atoms with Gasteiger partial charge in [0.1, 0.15) is 12.2 Å². The summed E-state index contributed by atoms with van der Waals surface area (Å²) < 4.78 is 0. The number of nitrogens with zero attached hydrogens (tertiary/aromatic N) is 2. The summed E-state index contributed by atoms with van der Waals surface area (Å²) >= 11 is 0. The molecule has 1 saturated carbocycles. The number of aromatic nitrogens is 4. The summed E-state index contributed by atoms with van der Waals surface area (Å²) in [5.41, 5.74) is 2.44. The largest absolute Gasteiger partial charge is 0.393 e. The lowest BCUT2D eigenvalue weighted by atomic mass is 10.0. The van der Waals surface area contributed by atoms with Crippen LogP contribution < -0.4 is 5.32 Å². The Morgan fingerprint density at radius 2 is 2.22 bits per heavy atom. The topological polar surface area (TPSA) is 89.6 Å². The number of hydrogen-bond acceptors (Lipinski definition) is 4. The number of aliphatic hydroxyl groups is 1. The second-order valence-corrected chi connectivity index (χ2v) is 6.35. The maximum absolute atomic E-state index is 10.3. The standard InChI is InChI=1S/C17H21N5O/c23-16-7-12(17-20-10-21-22-17)6-13(16)9-18-8-11-2-1-3-15-14(11)4-5-19-15/h1-5,10,12-13,16,18-19,23H,6-9H2,(H,20,21,22)/t12?,13-,16-/m1/s1. The molecule has 0 aliphatic heterocycles. The number of H-pyrrole nitrogens is 2. The van der Waals surface area contributed by atoms with Gasteiger partial charge in [0.05, 0.1) is 6.10 Å². The molecule has 0 spiro atoms. The van der Waals surface area contributed by atoms with Crippen LogP contribution in [0.4, 0.5) is 0 Å². The number of nitrogens with one attached hydrogen (secondary N) is 3. The van der Waals surface area contributed by atoms with Gasteiger partial charge >= 0.3 is 0 Å². The predicted octanol–water partition coefficient (Wildman–Crippen LogP) is 1.93. The number of aliphatic hydroxyl groups excluding tert-OH is 1. The van der Waals surface area contributed by atoms with E-state index in [1.165, 1.54) is 17.3 Å². The van der Waals surface area contributed by atoms with Gasteiger partial charge in [-0.2, -0.15) is 5.10 Å². The Bertz CT molecular complexity index is 766. The molecule has 6 nitrogen and oxygen atoms in total. The third-order valence-corrected chi connectivity index (χ3v) is 4.89. The van der Waals surface area contributed by atoms with Crippen molar-refractivity contribution in [1.82, 2.24) is 25.5 Å². The van der Waals surface area contributed by atoms with Gasteiger partial charge < -0.3 is 15.4 Å². The average molecular weight is 311 g/mol. The lowest BCUT2D eigenvalue weighted by molar-refractivity contribution is 0.131. The van der Waals surface area contributed by atoms with Gasteiger partial charge in [0.2, 0.25) is 0 Å². The van der Waals surface area contributed by atoms with Crippen LogP contribution in [-0.2, 0) is 6.54 Å². The van der Waals surface area contributed by atoms with Crippen LogP contribution >= 0.6 is 0 Å². The van der Waals surface area contributed by atoms with Crippen LogP contribution in [0.15, 0.2) is 36.8 Å². The van der Waals surface area contributed by atoms with Crippen molar-refractivity contribution >= 4 is 10.9 Å². The first-order valence-corrected chi connectivity index (χ1v) is 8.10. The molecule has 23 heavy (non-hydrogen) atoms. The summed E-state index contributed by atoms with van der Waals surface area (Å²) in [6, 6.07) is 8.41. The van der Waals surface area contributed by atoms with Crippen LogP contribution in [0.1, 0.15) is 30.1 Å². The van der Waals surface area contributed by atoms with E-state index in [0.717, 1.165) is 37.3 Å². The first-order chi connectivity index (χ1) is 11.3. The Morgan fingerprint density at radius 3 is 3.09 bits per heavy atom. The highest BCUT2D eigenvalue weighted by Gasteiger charge is 2.34. The molecule has 1 unspecified atom stereocenters. The molecule has 1 aliphatic rings. The molecule has 4 N–H and O–H groups in total. The van der Waals surface area contributed by atoms with Crippen LogP contribution in [0.25, 0.3) is 10.9 Å². The van der Waals surface area contributed by atoms with Gasteiger partial charge in [-0.1, -0.05) is 12.1 Å². The van der Waals surface area contributed by atoms with Gasteiger partial charge in [-0.25, -0.2) is 4.98 Å². The molecule has 1 fully saturated rings. The maximum atomic E-state index is 10.3. The number of aromatic amines is 2. The van der Waals surface area contributed by atoms with Crippen molar-refractivity contribution in [3.63, 3.8) is 0 Å². The molecule has 2 heterocycles. The second kappa shape index (κ2) is 6.14. The van der Waals surface area contributed by atoms with Crippen molar-refractivity contribution < 1.29 is 5.11 Å². The minimum absolute atomic E-state index is 0.260. The smallest absolute Gasteiger partial charge is 0.137 e. The third kappa shape index (κ3) is 2.87. The first kappa shape index (κ1) is 14.4. The van der Waals surface area contributed by atoms with Gasteiger partial charge in [0, 0.05) is 36.1 Å². The Balaban J connectivity index is 1.35. The van der Waals surface area contributed by atoms with Crippen molar-refractivity contribution in [3.05, 3.63) is 48.2 Å². The normalized spacial score (nSPS) is 24.5. The van der Waals surface area contributed by atoms with E-state index in [-0.39, 0.29) is 17.9 Å². The Hall–Kier alpha value is -2.18. The molecule has 120 valence electrons. The van der Waals surface area contributed by atoms with Gasteiger partial charge in [0.25, 0.3) is 0 Å². The van der Waals surface area contributed by atoms with E-state index in [4.69, 9.17) is 0 Å². The van der Waals surface area contributed by atoms with Crippen molar-refractivity contribution in [3.8, 4) is 0 Å². The minimum Gasteiger partial charge on any atom is -0.393 e. The minimum atomic E-state index is -0.277. The third-order valence-electron chi connectivity index (χ3n) is 4.89. The summed E-state index contributed by atoms with van der Waals surface area (Å²) in [6.45, 7) is 1.62. The summed E-state index contributed by atoms with van der Waals surface area (Å²) in [7, 11) is 0. The summed E-state index contributed by atoms with van der Waals surface area (Å²) in [4.78, 5) is 7.46. The Labute approximate surface area is 134 Å². The SMILES string of the molecule is O[C@@H]1CC(c2ncn[nH]2)C[C@@H]1CNCc1cccc2[nH]ccc12. The summed E-state index contributed by atoms with van der Waals surface area (Å²) in [6.07, 6.45) is 4.93. The number of rotatable bonds is 5. The fraction of sp³-hybridized carbons (Fsp3) is 0.412. The van der Waals surface area contributed by atoms with E-state index in [9.17, 15) is 5.11 Å². The molecule has 0 bridgehead atoms. The van der Waals surface area contributed by atoms with Crippen LogP contribution in [0, 0.1) is 5.92 Å². The van der Waals surface area contributed by atoms with Crippen molar-refractivity contribution in [2.75, 3.05) is 6.54 Å². The average Bonchev–Trinajstić information content (AvgIpc) is 3.27. The summed E-state index contributed by atoms with van der Waals surface area (Å²) in [5, 5.41) is 21.9. The lowest BCUT2D eigenvalue weighted by Crippen LogP contribution is -2.27. The van der Waals surface area contributed by atoms with E-state index in [2.05, 4.69) is 49.7 Å². The molecule has 0 amide bonds. The van der Waals surface area contributed by atoms with Crippen LogP contribution in [0.5, 0.6) is 0 Å². The zero-order valence-corrected chi connectivity index (χ0v) is 12.9. The fourth-order valence-corrected chi connectivity index (χ4v) is 3.65. The molecule has 4 rings (SSSR count). The monoisotopic (exact) mass is 311 g/mol.